The van der Waals surface area contributed by atoms with Gasteiger partial charge in [0.15, 0.2) is 0 Å². The lowest BCUT2D eigenvalue weighted by Crippen LogP contribution is -2.13. The summed E-state index contributed by atoms with van der Waals surface area (Å²) in [5, 5.41) is 2.41. The van der Waals surface area contributed by atoms with Crippen LogP contribution in [0.25, 0.3) is 10.8 Å². The van der Waals surface area contributed by atoms with Crippen LogP contribution in [0.2, 0.25) is 0 Å². The standard InChI is InChI=1S/C18H15BrFN/c19-16-8-7-15(11-17(16)20)18(21)10-12-5-6-13-3-1-2-4-14(13)9-12/h1-9,11,18H,10,21H2. The van der Waals surface area contributed by atoms with Crippen LogP contribution >= 0.6 is 15.9 Å². The topological polar surface area (TPSA) is 26.0 Å². The molecular weight excluding hydrogens is 329 g/mol. The third kappa shape index (κ3) is 3.14. The number of fused-ring (bicyclic) bond motifs is 1. The van der Waals surface area contributed by atoms with Gasteiger partial charge in [-0.3, -0.25) is 0 Å². The van der Waals surface area contributed by atoms with E-state index in [0.717, 1.165) is 11.1 Å². The van der Waals surface area contributed by atoms with E-state index in [9.17, 15) is 4.39 Å². The fourth-order valence-electron chi connectivity index (χ4n) is 2.48. The van der Waals surface area contributed by atoms with E-state index < -0.39 is 0 Å². The maximum Gasteiger partial charge on any atom is 0.137 e. The quantitative estimate of drug-likeness (QED) is 0.712. The summed E-state index contributed by atoms with van der Waals surface area (Å²) < 4.78 is 14.0. The molecule has 1 atom stereocenters. The van der Waals surface area contributed by atoms with Gasteiger partial charge in [0.25, 0.3) is 0 Å². The second-order valence-corrected chi connectivity index (χ2v) is 6.02. The monoisotopic (exact) mass is 343 g/mol. The second-order valence-electron chi connectivity index (χ2n) is 5.17. The maximum atomic E-state index is 13.6. The summed E-state index contributed by atoms with van der Waals surface area (Å²) in [6.07, 6.45) is 0.686. The molecule has 2 N–H and O–H groups in total. The number of benzene rings is 3. The van der Waals surface area contributed by atoms with Crippen molar-refractivity contribution in [3.8, 4) is 0 Å². The molecule has 3 aromatic rings. The Labute approximate surface area is 131 Å². The van der Waals surface area contributed by atoms with Gasteiger partial charge < -0.3 is 5.73 Å². The molecule has 0 aromatic heterocycles. The summed E-state index contributed by atoms with van der Waals surface area (Å²) in [5.41, 5.74) is 8.17. The molecule has 0 spiro atoms. The van der Waals surface area contributed by atoms with Crippen molar-refractivity contribution in [1.82, 2.24) is 0 Å². The lowest BCUT2D eigenvalue weighted by Gasteiger charge is -2.13. The van der Waals surface area contributed by atoms with Gasteiger partial charge >= 0.3 is 0 Å². The zero-order valence-corrected chi connectivity index (χ0v) is 13.0. The van der Waals surface area contributed by atoms with Crippen LogP contribution in [0.4, 0.5) is 4.39 Å². The summed E-state index contributed by atoms with van der Waals surface area (Å²) in [7, 11) is 0. The number of halogens is 2. The molecule has 0 aliphatic heterocycles. The minimum absolute atomic E-state index is 0.214. The minimum Gasteiger partial charge on any atom is -0.324 e. The van der Waals surface area contributed by atoms with Crippen molar-refractivity contribution in [2.24, 2.45) is 5.73 Å². The maximum absolute atomic E-state index is 13.6. The fourth-order valence-corrected chi connectivity index (χ4v) is 2.73. The van der Waals surface area contributed by atoms with Crippen molar-refractivity contribution in [3.05, 3.63) is 82.1 Å². The van der Waals surface area contributed by atoms with Crippen LogP contribution in [0.1, 0.15) is 17.2 Å². The van der Waals surface area contributed by atoms with Crippen LogP contribution in [-0.2, 0) is 6.42 Å². The molecule has 21 heavy (non-hydrogen) atoms. The van der Waals surface area contributed by atoms with Gasteiger partial charge in [0, 0.05) is 6.04 Å². The first-order valence-electron chi connectivity index (χ1n) is 6.82. The van der Waals surface area contributed by atoms with Gasteiger partial charge in [-0.15, -0.1) is 0 Å². The molecule has 0 amide bonds. The largest absolute Gasteiger partial charge is 0.324 e. The van der Waals surface area contributed by atoms with E-state index in [-0.39, 0.29) is 11.9 Å². The summed E-state index contributed by atoms with van der Waals surface area (Å²) >= 11 is 3.16. The number of rotatable bonds is 3. The van der Waals surface area contributed by atoms with Crippen LogP contribution in [0.5, 0.6) is 0 Å². The van der Waals surface area contributed by atoms with Crippen molar-refractivity contribution in [2.75, 3.05) is 0 Å². The highest BCUT2D eigenvalue weighted by Gasteiger charge is 2.10. The molecule has 106 valence electrons. The molecular formula is C18H15BrFN. The summed E-state index contributed by atoms with van der Waals surface area (Å²) in [6, 6.07) is 19.4. The van der Waals surface area contributed by atoms with Gasteiger partial charge in [0.2, 0.25) is 0 Å². The highest BCUT2D eigenvalue weighted by Crippen LogP contribution is 2.23. The van der Waals surface area contributed by atoms with E-state index in [1.807, 2.05) is 18.2 Å². The van der Waals surface area contributed by atoms with E-state index in [1.165, 1.54) is 16.8 Å². The molecule has 1 unspecified atom stereocenters. The zero-order valence-electron chi connectivity index (χ0n) is 11.4. The van der Waals surface area contributed by atoms with Gasteiger partial charge in [-0.25, -0.2) is 4.39 Å². The van der Waals surface area contributed by atoms with Crippen molar-refractivity contribution in [1.29, 1.82) is 0 Å². The highest BCUT2D eigenvalue weighted by molar-refractivity contribution is 9.10. The predicted molar refractivity (Wildman–Crippen MR) is 88.7 cm³/mol. The third-order valence-electron chi connectivity index (χ3n) is 3.64. The molecule has 0 saturated carbocycles. The molecule has 3 rings (SSSR count). The lowest BCUT2D eigenvalue weighted by molar-refractivity contribution is 0.612. The first-order valence-corrected chi connectivity index (χ1v) is 7.61. The summed E-state index contributed by atoms with van der Waals surface area (Å²) in [5.74, 6) is -0.276. The number of hydrogen-bond acceptors (Lipinski definition) is 1. The Kier molecular flexibility index (Phi) is 4.04. The summed E-state index contributed by atoms with van der Waals surface area (Å²) in [6.45, 7) is 0. The Morgan fingerprint density at radius 1 is 0.952 bits per heavy atom. The average Bonchev–Trinajstić information content (AvgIpc) is 2.50. The molecule has 0 bridgehead atoms. The molecule has 3 heteroatoms. The molecule has 0 fully saturated rings. The van der Waals surface area contributed by atoms with Crippen molar-refractivity contribution < 1.29 is 4.39 Å². The van der Waals surface area contributed by atoms with Crippen molar-refractivity contribution >= 4 is 26.7 Å². The number of nitrogens with two attached hydrogens (primary N) is 1. The van der Waals surface area contributed by atoms with Gasteiger partial charge in [-0.05, 0) is 56.4 Å². The smallest absolute Gasteiger partial charge is 0.137 e. The first-order chi connectivity index (χ1) is 10.1. The Morgan fingerprint density at radius 2 is 1.71 bits per heavy atom. The third-order valence-corrected chi connectivity index (χ3v) is 4.28. The van der Waals surface area contributed by atoms with Crippen molar-refractivity contribution in [2.45, 2.75) is 12.5 Å². The molecule has 1 nitrogen and oxygen atoms in total. The van der Waals surface area contributed by atoms with E-state index >= 15 is 0 Å². The van der Waals surface area contributed by atoms with Crippen LogP contribution in [0.15, 0.2) is 65.1 Å². The van der Waals surface area contributed by atoms with Crippen molar-refractivity contribution in [3.63, 3.8) is 0 Å². The molecule has 3 aromatic carbocycles. The Balaban J connectivity index is 1.85. The van der Waals surface area contributed by atoms with E-state index in [4.69, 9.17) is 5.73 Å². The SMILES string of the molecule is NC(Cc1ccc2ccccc2c1)c1ccc(Br)c(F)c1. The average molecular weight is 344 g/mol. The van der Waals surface area contributed by atoms with E-state index in [2.05, 4.69) is 46.3 Å². The molecule has 0 aliphatic carbocycles. The van der Waals surface area contributed by atoms with Gasteiger partial charge in [-0.2, -0.15) is 0 Å². The van der Waals surface area contributed by atoms with Gasteiger partial charge in [0.05, 0.1) is 4.47 Å². The molecule has 0 radical (unpaired) electrons. The molecule has 0 saturated heterocycles. The zero-order chi connectivity index (χ0) is 14.8. The fraction of sp³-hybridized carbons (Fsp3) is 0.111. The van der Waals surface area contributed by atoms with Crippen LogP contribution in [0, 0.1) is 5.82 Å². The normalized spacial score (nSPS) is 12.5. The van der Waals surface area contributed by atoms with Gasteiger partial charge in [0.1, 0.15) is 5.82 Å². The summed E-state index contributed by atoms with van der Waals surface area (Å²) in [4.78, 5) is 0. The van der Waals surface area contributed by atoms with E-state index in [0.29, 0.717) is 10.9 Å². The Bertz CT molecular complexity index is 785. The van der Waals surface area contributed by atoms with Gasteiger partial charge in [-0.1, -0.05) is 48.5 Å². The second kappa shape index (κ2) is 5.96. The van der Waals surface area contributed by atoms with E-state index in [1.54, 1.807) is 6.07 Å². The lowest BCUT2D eigenvalue weighted by atomic mass is 9.97. The predicted octanol–water partition coefficient (Wildman–Crippen LogP) is 4.98. The van der Waals surface area contributed by atoms with Crippen LogP contribution < -0.4 is 5.73 Å². The highest BCUT2D eigenvalue weighted by atomic mass is 79.9. The minimum atomic E-state index is -0.276. The number of hydrogen-bond donors (Lipinski definition) is 1. The Morgan fingerprint density at radius 3 is 2.48 bits per heavy atom. The molecule has 0 aliphatic rings. The molecule has 0 heterocycles. The first kappa shape index (κ1) is 14.2. The van der Waals surface area contributed by atoms with Crippen LogP contribution in [-0.4, -0.2) is 0 Å². The van der Waals surface area contributed by atoms with Crippen LogP contribution in [0.3, 0.4) is 0 Å². The Hall–Kier alpha value is -1.71.